The molecule has 1 heterocycles. The summed E-state index contributed by atoms with van der Waals surface area (Å²) in [4.78, 5) is 2.25. The zero-order chi connectivity index (χ0) is 14.4. The highest BCUT2D eigenvalue weighted by atomic mass is 16.3. The van der Waals surface area contributed by atoms with E-state index in [0.29, 0.717) is 6.04 Å². The van der Waals surface area contributed by atoms with E-state index in [1.165, 1.54) is 11.1 Å². The Morgan fingerprint density at radius 1 is 1.15 bits per heavy atom. The summed E-state index contributed by atoms with van der Waals surface area (Å²) in [5, 5.41) is 3.46. The van der Waals surface area contributed by atoms with Gasteiger partial charge in [0, 0.05) is 12.6 Å². The van der Waals surface area contributed by atoms with Crippen molar-refractivity contribution in [1.82, 2.24) is 10.2 Å². The molecular weight excluding hydrogens is 248 g/mol. The molecule has 1 aromatic carbocycles. The molecule has 2 rings (SSSR count). The normalized spacial score (nSPS) is 12.8. The van der Waals surface area contributed by atoms with E-state index in [2.05, 4.69) is 55.5 Å². The molecule has 3 nitrogen and oxygen atoms in total. The minimum Gasteiger partial charge on any atom is -0.468 e. The molecule has 1 N–H and O–H groups in total. The summed E-state index contributed by atoms with van der Waals surface area (Å²) in [7, 11) is 4.24. The molecule has 0 spiro atoms. The lowest BCUT2D eigenvalue weighted by Gasteiger charge is -2.25. The van der Waals surface area contributed by atoms with Crippen LogP contribution in [-0.4, -0.2) is 25.5 Å². The largest absolute Gasteiger partial charge is 0.468 e. The van der Waals surface area contributed by atoms with Crippen molar-refractivity contribution in [2.75, 3.05) is 20.6 Å². The van der Waals surface area contributed by atoms with E-state index >= 15 is 0 Å². The molecule has 0 aliphatic carbocycles. The van der Waals surface area contributed by atoms with Crippen LogP contribution in [0.5, 0.6) is 0 Å². The topological polar surface area (TPSA) is 28.4 Å². The van der Waals surface area contributed by atoms with Gasteiger partial charge >= 0.3 is 0 Å². The highest BCUT2D eigenvalue weighted by molar-refractivity contribution is 5.25. The van der Waals surface area contributed by atoms with Crippen molar-refractivity contribution in [1.29, 1.82) is 0 Å². The van der Waals surface area contributed by atoms with E-state index in [9.17, 15) is 0 Å². The second-order valence-electron chi connectivity index (χ2n) is 5.28. The van der Waals surface area contributed by atoms with E-state index in [4.69, 9.17) is 4.42 Å². The SMILES string of the molecule is CCc1ccc(C(CNCc2ccco2)N(C)C)cc1. The van der Waals surface area contributed by atoms with Crippen molar-refractivity contribution in [3.63, 3.8) is 0 Å². The van der Waals surface area contributed by atoms with Gasteiger partial charge in [-0.1, -0.05) is 31.2 Å². The van der Waals surface area contributed by atoms with E-state index in [-0.39, 0.29) is 0 Å². The Morgan fingerprint density at radius 2 is 1.90 bits per heavy atom. The fourth-order valence-corrected chi connectivity index (χ4v) is 2.32. The number of benzene rings is 1. The lowest BCUT2D eigenvalue weighted by atomic mass is 10.0. The summed E-state index contributed by atoms with van der Waals surface area (Å²) in [5.41, 5.74) is 2.73. The number of hydrogen-bond donors (Lipinski definition) is 1. The lowest BCUT2D eigenvalue weighted by Crippen LogP contribution is -2.30. The minimum absolute atomic E-state index is 0.371. The van der Waals surface area contributed by atoms with Crippen LogP contribution in [0.3, 0.4) is 0 Å². The Balaban J connectivity index is 1.95. The molecule has 0 saturated heterocycles. The number of furan rings is 1. The standard InChI is InChI=1S/C17H24N2O/c1-4-14-7-9-15(10-8-14)17(19(2)3)13-18-12-16-6-5-11-20-16/h5-11,17-18H,4,12-13H2,1-3H3. The summed E-state index contributed by atoms with van der Waals surface area (Å²) < 4.78 is 5.34. The highest BCUT2D eigenvalue weighted by Gasteiger charge is 2.13. The molecular formula is C17H24N2O. The third kappa shape index (κ3) is 3.95. The summed E-state index contributed by atoms with van der Waals surface area (Å²) in [6, 6.07) is 13.2. The van der Waals surface area contributed by atoms with E-state index in [1.54, 1.807) is 6.26 Å². The average molecular weight is 272 g/mol. The van der Waals surface area contributed by atoms with Crippen LogP contribution in [-0.2, 0) is 13.0 Å². The van der Waals surface area contributed by atoms with Crippen molar-refractivity contribution >= 4 is 0 Å². The maximum atomic E-state index is 5.34. The fourth-order valence-electron chi connectivity index (χ4n) is 2.32. The monoisotopic (exact) mass is 272 g/mol. The van der Waals surface area contributed by atoms with Gasteiger partial charge in [-0.15, -0.1) is 0 Å². The van der Waals surface area contributed by atoms with E-state index in [0.717, 1.165) is 25.3 Å². The first kappa shape index (κ1) is 14.8. The molecule has 1 unspecified atom stereocenters. The molecule has 0 aliphatic rings. The number of hydrogen-bond acceptors (Lipinski definition) is 3. The highest BCUT2D eigenvalue weighted by Crippen LogP contribution is 2.18. The van der Waals surface area contributed by atoms with Crippen LogP contribution in [0.15, 0.2) is 47.1 Å². The number of likely N-dealkylation sites (N-methyl/N-ethyl adjacent to an activating group) is 1. The van der Waals surface area contributed by atoms with Gasteiger partial charge in [0.15, 0.2) is 0 Å². The van der Waals surface area contributed by atoms with Gasteiger partial charge in [0.25, 0.3) is 0 Å². The van der Waals surface area contributed by atoms with Crippen molar-refractivity contribution in [2.45, 2.75) is 25.9 Å². The maximum absolute atomic E-state index is 5.34. The van der Waals surface area contributed by atoms with Gasteiger partial charge in [-0.05, 0) is 43.8 Å². The van der Waals surface area contributed by atoms with Gasteiger partial charge < -0.3 is 14.6 Å². The summed E-state index contributed by atoms with van der Waals surface area (Å²) in [6.07, 6.45) is 2.80. The predicted octanol–water partition coefficient (Wildman–Crippen LogP) is 3.23. The Bertz CT molecular complexity index is 488. The molecule has 0 aliphatic heterocycles. The van der Waals surface area contributed by atoms with Crippen LogP contribution >= 0.6 is 0 Å². The molecule has 0 saturated carbocycles. The van der Waals surface area contributed by atoms with Crippen LogP contribution in [0.25, 0.3) is 0 Å². The first-order valence-electron chi connectivity index (χ1n) is 7.19. The molecule has 0 fully saturated rings. The zero-order valence-corrected chi connectivity index (χ0v) is 12.6. The number of rotatable bonds is 7. The van der Waals surface area contributed by atoms with Crippen molar-refractivity contribution < 1.29 is 4.42 Å². The van der Waals surface area contributed by atoms with Crippen molar-refractivity contribution in [3.05, 3.63) is 59.5 Å². The lowest BCUT2D eigenvalue weighted by molar-refractivity contribution is 0.285. The molecule has 1 aromatic heterocycles. The zero-order valence-electron chi connectivity index (χ0n) is 12.6. The summed E-state index contributed by atoms with van der Waals surface area (Å²) in [6.45, 7) is 3.85. The van der Waals surface area contributed by atoms with Crippen LogP contribution in [0, 0.1) is 0 Å². The van der Waals surface area contributed by atoms with Crippen molar-refractivity contribution in [2.24, 2.45) is 0 Å². The molecule has 20 heavy (non-hydrogen) atoms. The number of nitrogens with zero attached hydrogens (tertiary/aromatic N) is 1. The van der Waals surface area contributed by atoms with Gasteiger partial charge in [-0.2, -0.15) is 0 Å². The van der Waals surface area contributed by atoms with Crippen LogP contribution in [0.2, 0.25) is 0 Å². The third-order valence-electron chi connectivity index (χ3n) is 3.61. The Hall–Kier alpha value is -1.58. The smallest absolute Gasteiger partial charge is 0.117 e. The quantitative estimate of drug-likeness (QED) is 0.839. The van der Waals surface area contributed by atoms with Crippen molar-refractivity contribution in [3.8, 4) is 0 Å². The van der Waals surface area contributed by atoms with Gasteiger partial charge in [-0.3, -0.25) is 0 Å². The first-order valence-corrected chi connectivity index (χ1v) is 7.19. The number of nitrogens with one attached hydrogen (secondary N) is 1. The maximum Gasteiger partial charge on any atom is 0.117 e. The molecule has 3 heteroatoms. The van der Waals surface area contributed by atoms with Gasteiger partial charge in [0.05, 0.1) is 12.8 Å². The third-order valence-corrected chi connectivity index (χ3v) is 3.61. The van der Waals surface area contributed by atoms with E-state index in [1.807, 2.05) is 12.1 Å². The average Bonchev–Trinajstić information content (AvgIpc) is 2.97. The molecule has 0 bridgehead atoms. The second-order valence-corrected chi connectivity index (χ2v) is 5.28. The number of aryl methyl sites for hydroxylation is 1. The van der Waals surface area contributed by atoms with Crippen LogP contribution < -0.4 is 5.32 Å². The molecule has 108 valence electrons. The summed E-state index contributed by atoms with van der Waals surface area (Å²) >= 11 is 0. The second kappa shape index (κ2) is 7.27. The Morgan fingerprint density at radius 3 is 2.45 bits per heavy atom. The fraction of sp³-hybridized carbons (Fsp3) is 0.412. The molecule has 0 amide bonds. The molecule has 1 atom stereocenters. The Labute approximate surface area is 121 Å². The van der Waals surface area contributed by atoms with Crippen LogP contribution in [0.4, 0.5) is 0 Å². The van der Waals surface area contributed by atoms with Gasteiger partial charge in [0.1, 0.15) is 5.76 Å². The van der Waals surface area contributed by atoms with E-state index < -0.39 is 0 Å². The summed E-state index contributed by atoms with van der Waals surface area (Å²) in [5.74, 6) is 0.976. The molecule has 2 aromatic rings. The predicted molar refractivity (Wildman–Crippen MR) is 82.7 cm³/mol. The molecule has 0 radical (unpaired) electrons. The first-order chi connectivity index (χ1) is 9.70. The minimum atomic E-state index is 0.371. The van der Waals surface area contributed by atoms with Crippen LogP contribution in [0.1, 0.15) is 29.9 Å². The Kier molecular flexibility index (Phi) is 5.39. The van der Waals surface area contributed by atoms with Gasteiger partial charge in [0.2, 0.25) is 0 Å². The van der Waals surface area contributed by atoms with Gasteiger partial charge in [-0.25, -0.2) is 0 Å².